The van der Waals surface area contributed by atoms with Gasteiger partial charge >= 0.3 is 0 Å². The lowest BCUT2D eigenvalue weighted by atomic mass is 9.95. The van der Waals surface area contributed by atoms with Crippen LogP contribution in [0.15, 0.2) is 29.2 Å². The third kappa shape index (κ3) is 5.43. The second-order valence-electron chi connectivity index (χ2n) is 6.67. The Bertz CT molecular complexity index is 670. The SMILES string of the molecule is CC[C@H](C)NC(=O)CN(C1CCCCC1)S(=O)(=O)c1ccc(Cl)cc1. The molecule has 0 aliphatic heterocycles. The number of nitrogens with zero attached hydrogens (tertiary/aromatic N) is 1. The average Bonchev–Trinajstić information content (AvgIpc) is 2.60. The van der Waals surface area contributed by atoms with Gasteiger partial charge in [0, 0.05) is 17.1 Å². The Morgan fingerprint density at radius 3 is 2.40 bits per heavy atom. The first-order valence-electron chi connectivity index (χ1n) is 8.91. The van der Waals surface area contributed by atoms with Crippen LogP contribution in [0.4, 0.5) is 0 Å². The lowest BCUT2D eigenvalue weighted by molar-refractivity contribution is -0.122. The molecule has 0 spiro atoms. The van der Waals surface area contributed by atoms with Crippen molar-refractivity contribution in [3.05, 3.63) is 29.3 Å². The number of rotatable bonds is 7. The van der Waals surface area contributed by atoms with Gasteiger partial charge in [-0.3, -0.25) is 4.79 Å². The molecule has 1 amide bonds. The van der Waals surface area contributed by atoms with Crippen LogP contribution in [0.5, 0.6) is 0 Å². The summed E-state index contributed by atoms with van der Waals surface area (Å²) in [6, 6.07) is 6.02. The van der Waals surface area contributed by atoms with E-state index in [0.717, 1.165) is 38.5 Å². The van der Waals surface area contributed by atoms with E-state index in [0.29, 0.717) is 5.02 Å². The van der Waals surface area contributed by atoms with Crippen LogP contribution in [-0.2, 0) is 14.8 Å². The van der Waals surface area contributed by atoms with E-state index in [-0.39, 0.29) is 29.4 Å². The van der Waals surface area contributed by atoms with Crippen molar-refractivity contribution in [2.45, 2.75) is 69.4 Å². The van der Waals surface area contributed by atoms with Gasteiger partial charge in [-0.05, 0) is 50.5 Å². The quantitative estimate of drug-likeness (QED) is 0.778. The number of amides is 1. The van der Waals surface area contributed by atoms with Crippen molar-refractivity contribution in [1.82, 2.24) is 9.62 Å². The normalized spacial score (nSPS) is 17.4. The van der Waals surface area contributed by atoms with E-state index in [1.165, 1.54) is 16.4 Å². The number of carbonyl (C=O) groups excluding carboxylic acids is 1. The highest BCUT2D eigenvalue weighted by molar-refractivity contribution is 7.89. The van der Waals surface area contributed by atoms with Gasteiger partial charge in [0.1, 0.15) is 0 Å². The predicted molar refractivity (Wildman–Crippen MR) is 100 cm³/mol. The van der Waals surface area contributed by atoms with Crippen LogP contribution in [0.3, 0.4) is 0 Å². The molecule has 2 rings (SSSR count). The first-order chi connectivity index (χ1) is 11.8. The number of sulfonamides is 1. The van der Waals surface area contributed by atoms with Gasteiger partial charge < -0.3 is 5.32 Å². The molecule has 140 valence electrons. The van der Waals surface area contributed by atoms with Gasteiger partial charge in [-0.1, -0.05) is 37.8 Å². The van der Waals surface area contributed by atoms with Crippen LogP contribution in [-0.4, -0.2) is 37.3 Å². The number of carbonyl (C=O) groups is 1. The third-order valence-electron chi connectivity index (χ3n) is 4.72. The molecule has 7 heteroatoms. The zero-order valence-electron chi connectivity index (χ0n) is 14.9. The summed E-state index contributed by atoms with van der Waals surface area (Å²) in [5.41, 5.74) is 0. The van der Waals surface area contributed by atoms with Crippen molar-refractivity contribution in [3.63, 3.8) is 0 Å². The summed E-state index contributed by atoms with van der Waals surface area (Å²) in [6.07, 6.45) is 5.49. The fourth-order valence-electron chi connectivity index (χ4n) is 3.09. The summed E-state index contributed by atoms with van der Waals surface area (Å²) >= 11 is 5.88. The molecule has 1 aromatic rings. The summed E-state index contributed by atoms with van der Waals surface area (Å²) in [4.78, 5) is 12.5. The highest BCUT2D eigenvalue weighted by Crippen LogP contribution is 2.28. The van der Waals surface area contributed by atoms with Gasteiger partial charge in [-0.2, -0.15) is 4.31 Å². The molecule has 5 nitrogen and oxygen atoms in total. The molecular weight excluding hydrogens is 360 g/mol. The summed E-state index contributed by atoms with van der Waals surface area (Å²) in [6.45, 7) is 3.75. The van der Waals surface area contributed by atoms with E-state index in [4.69, 9.17) is 11.6 Å². The summed E-state index contributed by atoms with van der Waals surface area (Å²) in [7, 11) is -3.74. The van der Waals surface area contributed by atoms with E-state index in [1.807, 2.05) is 13.8 Å². The minimum atomic E-state index is -3.74. The number of benzene rings is 1. The van der Waals surface area contributed by atoms with Gasteiger partial charge in [0.25, 0.3) is 0 Å². The molecule has 0 aromatic heterocycles. The Morgan fingerprint density at radius 2 is 1.84 bits per heavy atom. The maximum absolute atomic E-state index is 13.1. The Labute approximate surface area is 155 Å². The molecule has 0 saturated heterocycles. The fraction of sp³-hybridized carbons (Fsp3) is 0.611. The number of halogens is 1. The lowest BCUT2D eigenvalue weighted by Crippen LogP contribution is -2.48. The third-order valence-corrected chi connectivity index (χ3v) is 6.89. The molecule has 0 bridgehead atoms. The molecule has 1 saturated carbocycles. The molecule has 1 aromatic carbocycles. The van der Waals surface area contributed by atoms with Crippen molar-refractivity contribution in [2.75, 3.05) is 6.54 Å². The van der Waals surface area contributed by atoms with Crippen LogP contribution in [0.25, 0.3) is 0 Å². The molecule has 25 heavy (non-hydrogen) atoms. The molecule has 0 unspecified atom stereocenters. The van der Waals surface area contributed by atoms with Crippen LogP contribution >= 0.6 is 11.6 Å². The highest BCUT2D eigenvalue weighted by atomic mass is 35.5. The van der Waals surface area contributed by atoms with Crippen molar-refractivity contribution >= 4 is 27.5 Å². The van der Waals surface area contributed by atoms with Gasteiger partial charge in [-0.15, -0.1) is 0 Å². The van der Waals surface area contributed by atoms with Crippen molar-refractivity contribution in [3.8, 4) is 0 Å². The largest absolute Gasteiger partial charge is 0.353 e. The standard InChI is InChI=1S/C18H27ClN2O3S/c1-3-14(2)20-18(22)13-21(16-7-5-4-6-8-16)25(23,24)17-11-9-15(19)10-12-17/h9-12,14,16H,3-8,13H2,1-2H3,(H,20,22)/t14-/m0/s1. The number of nitrogens with one attached hydrogen (secondary N) is 1. The van der Waals surface area contributed by atoms with Crippen LogP contribution in [0.1, 0.15) is 52.4 Å². The lowest BCUT2D eigenvalue weighted by Gasteiger charge is -2.33. The highest BCUT2D eigenvalue weighted by Gasteiger charge is 2.34. The molecular formula is C18H27ClN2O3S. The van der Waals surface area contributed by atoms with E-state index in [9.17, 15) is 13.2 Å². The topological polar surface area (TPSA) is 66.5 Å². The smallest absolute Gasteiger partial charge is 0.243 e. The maximum Gasteiger partial charge on any atom is 0.243 e. The van der Waals surface area contributed by atoms with Gasteiger partial charge in [0.05, 0.1) is 11.4 Å². The van der Waals surface area contributed by atoms with Gasteiger partial charge in [-0.25, -0.2) is 8.42 Å². The molecule has 1 aliphatic carbocycles. The summed E-state index contributed by atoms with van der Waals surface area (Å²) in [5.74, 6) is -0.252. The Balaban J connectivity index is 2.26. The maximum atomic E-state index is 13.1. The number of hydrogen-bond acceptors (Lipinski definition) is 3. The summed E-state index contributed by atoms with van der Waals surface area (Å²) in [5, 5.41) is 3.35. The fourth-order valence-corrected chi connectivity index (χ4v) is 4.85. The van der Waals surface area contributed by atoms with E-state index in [1.54, 1.807) is 12.1 Å². The van der Waals surface area contributed by atoms with Crippen molar-refractivity contribution < 1.29 is 13.2 Å². The molecule has 0 radical (unpaired) electrons. The van der Waals surface area contributed by atoms with E-state index >= 15 is 0 Å². The molecule has 1 fully saturated rings. The molecule has 1 N–H and O–H groups in total. The number of hydrogen-bond donors (Lipinski definition) is 1. The van der Waals surface area contributed by atoms with Crippen molar-refractivity contribution in [1.29, 1.82) is 0 Å². The Morgan fingerprint density at radius 1 is 1.24 bits per heavy atom. The van der Waals surface area contributed by atoms with Crippen molar-refractivity contribution in [2.24, 2.45) is 0 Å². The molecule has 0 heterocycles. The second-order valence-corrected chi connectivity index (χ2v) is 9.00. The van der Waals surface area contributed by atoms with Crippen LogP contribution in [0.2, 0.25) is 5.02 Å². The van der Waals surface area contributed by atoms with Crippen LogP contribution < -0.4 is 5.32 Å². The zero-order valence-corrected chi connectivity index (χ0v) is 16.4. The average molecular weight is 387 g/mol. The van der Waals surface area contributed by atoms with Gasteiger partial charge in [0.2, 0.25) is 15.9 Å². The monoisotopic (exact) mass is 386 g/mol. The predicted octanol–water partition coefficient (Wildman–Crippen LogP) is 3.58. The summed E-state index contributed by atoms with van der Waals surface area (Å²) < 4.78 is 27.7. The molecule has 1 aliphatic rings. The first kappa shape index (κ1) is 20.2. The van der Waals surface area contributed by atoms with E-state index in [2.05, 4.69) is 5.32 Å². The Kier molecular flexibility index (Phi) is 7.28. The minimum absolute atomic E-state index is 0.0268. The first-order valence-corrected chi connectivity index (χ1v) is 10.7. The van der Waals surface area contributed by atoms with Gasteiger partial charge in [0.15, 0.2) is 0 Å². The minimum Gasteiger partial charge on any atom is -0.353 e. The van der Waals surface area contributed by atoms with E-state index < -0.39 is 10.0 Å². The second kappa shape index (κ2) is 9.01. The molecule has 1 atom stereocenters. The zero-order chi connectivity index (χ0) is 18.4. The Hall–Kier alpha value is -1.11. The van der Waals surface area contributed by atoms with Crippen LogP contribution in [0, 0.1) is 0 Å².